The quantitative estimate of drug-likeness (QED) is 0.796. The molecular formula is C10H10O2S2. The molecule has 0 saturated carbocycles. The Morgan fingerprint density at radius 3 is 2.93 bits per heavy atom. The van der Waals surface area contributed by atoms with Gasteiger partial charge in [0.15, 0.2) is 0 Å². The molecule has 1 aromatic carbocycles. The van der Waals surface area contributed by atoms with Gasteiger partial charge in [-0.15, -0.1) is 23.1 Å². The maximum absolute atomic E-state index is 9.96. The lowest BCUT2D eigenvalue weighted by atomic mass is 10.2. The predicted molar refractivity (Wildman–Crippen MR) is 61.8 cm³/mol. The van der Waals surface area contributed by atoms with E-state index in [0.717, 1.165) is 20.7 Å². The fourth-order valence-corrected chi connectivity index (χ4v) is 2.87. The van der Waals surface area contributed by atoms with Crippen LogP contribution < -0.4 is 4.74 Å². The van der Waals surface area contributed by atoms with Crippen molar-refractivity contribution in [3.8, 4) is 11.5 Å². The van der Waals surface area contributed by atoms with Crippen molar-refractivity contribution in [1.82, 2.24) is 0 Å². The largest absolute Gasteiger partial charge is 0.506 e. The average molecular weight is 226 g/mol. The van der Waals surface area contributed by atoms with Gasteiger partial charge in [0.05, 0.1) is 12.0 Å². The van der Waals surface area contributed by atoms with Crippen LogP contribution in [-0.2, 0) is 0 Å². The van der Waals surface area contributed by atoms with Crippen molar-refractivity contribution in [1.29, 1.82) is 0 Å². The zero-order chi connectivity index (χ0) is 10.1. The third-order valence-electron chi connectivity index (χ3n) is 2.08. The summed E-state index contributed by atoms with van der Waals surface area (Å²) in [5.41, 5.74) is 0. The second-order valence-corrected chi connectivity index (χ2v) is 4.56. The summed E-state index contributed by atoms with van der Waals surface area (Å²) in [5.74, 6) is 1.07. The molecule has 0 bridgehead atoms. The Kier molecular flexibility index (Phi) is 2.56. The summed E-state index contributed by atoms with van der Waals surface area (Å²) in [6.07, 6.45) is 1.93. The fraction of sp³-hybridized carbons (Fsp3) is 0.200. The van der Waals surface area contributed by atoms with Crippen molar-refractivity contribution < 1.29 is 9.84 Å². The van der Waals surface area contributed by atoms with Gasteiger partial charge in [-0.25, -0.2) is 0 Å². The molecule has 1 N–H and O–H groups in total. The van der Waals surface area contributed by atoms with E-state index in [2.05, 4.69) is 0 Å². The molecule has 0 spiro atoms. The van der Waals surface area contributed by atoms with Gasteiger partial charge in [-0.2, -0.15) is 0 Å². The third kappa shape index (κ3) is 1.35. The molecule has 0 aliphatic rings. The molecule has 0 fully saturated rings. The van der Waals surface area contributed by atoms with Crippen molar-refractivity contribution in [3.63, 3.8) is 0 Å². The zero-order valence-corrected chi connectivity index (χ0v) is 9.54. The van der Waals surface area contributed by atoms with Crippen LogP contribution in [0.25, 0.3) is 10.1 Å². The van der Waals surface area contributed by atoms with Crippen LogP contribution in [0.15, 0.2) is 22.4 Å². The third-order valence-corrected chi connectivity index (χ3v) is 3.74. The highest BCUT2D eigenvalue weighted by Gasteiger charge is 2.12. The minimum absolute atomic E-state index is 0.327. The molecule has 0 aliphatic carbocycles. The number of ether oxygens (including phenoxy) is 1. The van der Waals surface area contributed by atoms with Gasteiger partial charge < -0.3 is 9.84 Å². The standard InChI is InChI=1S/C10H10O2S2/c1-12-7-5-8-6(3-4-14-8)9(11)10(7)13-2/h3-5,11H,1-2H3. The number of hydrogen-bond donors (Lipinski definition) is 1. The predicted octanol–water partition coefficient (Wildman–Crippen LogP) is 3.34. The molecule has 74 valence electrons. The first kappa shape index (κ1) is 9.68. The number of hydrogen-bond acceptors (Lipinski definition) is 4. The highest BCUT2D eigenvalue weighted by atomic mass is 32.2. The van der Waals surface area contributed by atoms with Gasteiger partial charge in [0.1, 0.15) is 11.5 Å². The molecule has 0 unspecified atom stereocenters. The van der Waals surface area contributed by atoms with Crippen molar-refractivity contribution in [3.05, 3.63) is 17.5 Å². The highest BCUT2D eigenvalue weighted by Crippen LogP contribution is 2.43. The van der Waals surface area contributed by atoms with E-state index >= 15 is 0 Å². The molecule has 4 heteroatoms. The number of rotatable bonds is 2. The topological polar surface area (TPSA) is 29.5 Å². The van der Waals surface area contributed by atoms with E-state index in [1.54, 1.807) is 18.4 Å². The minimum atomic E-state index is 0.327. The van der Waals surface area contributed by atoms with Crippen LogP contribution in [0.1, 0.15) is 0 Å². The van der Waals surface area contributed by atoms with E-state index in [1.165, 1.54) is 11.8 Å². The maximum Gasteiger partial charge on any atom is 0.141 e. The summed E-state index contributed by atoms with van der Waals surface area (Å²) < 4.78 is 6.27. The van der Waals surface area contributed by atoms with E-state index in [0.29, 0.717) is 5.75 Å². The molecule has 2 nitrogen and oxygen atoms in total. The number of fused-ring (bicyclic) bond motifs is 1. The molecule has 0 atom stereocenters. The van der Waals surface area contributed by atoms with Gasteiger partial charge in [-0.05, 0) is 23.8 Å². The lowest BCUT2D eigenvalue weighted by Crippen LogP contribution is -1.86. The first-order valence-electron chi connectivity index (χ1n) is 4.09. The monoisotopic (exact) mass is 226 g/mol. The highest BCUT2D eigenvalue weighted by molar-refractivity contribution is 7.98. The summed E-state index contributed by atoms with van der Waals surface area (Å²) in [6, 6.07) is 3.89. The van der Waals surface area contributed by atoms with Gasteiger partial charge in [0, 0.05) is 10.1 Å². The number of benzene rings is 1. The first-order valence-corrected chi connectivity index (χ1v) is 6.19. The lowest BCUT2D eigenvalue weighted by Gasteiger charge is -2.08. The number of phenolic OH excluding ortho intramolecular Hbond substituents is 1. The van der Waals surface area contributed by atoms with E-state index < -0.39 is 0 Å². The second kappa shape index (κ2) is 3.71. The molecule has 2 rings (SSSR count). The number of thioether (sulfide) groups is 1. The normalized spacial score (nSPS) is 10.7. The smallest absolute Gasteiger partial charge is 0.141 e. The van der Waals surface area contributed by atoms with Crippen LogP contribution in [0, 0.1) is 0 Å². The molecule has 14 heavy (non-hydrogen) atoms. The number of phenols is 1. The van der Waals surface area contributed by atoms with Crippen LogP contribution >= 0.6 is 23.1 Å². The van der Waals surface area contributed by atoms with Crippen molar-refractivity contribution >= 4 is 33.2 Å². The summed E-state index contributed by atoms with van der Waals surface area (Å²) in [7, 11) is 1.62. The Bertz CT molecular complexity index is 462. The molecule has 0 radical (unpaired) electrons. The van der Waals surface area contributed by atoms with Crippen LogP contribution in [0.2, 0.25) is 0 Å². The molecule has 2 aromatic rings. The summed E-state index contributed by atoms with van der Waals surface area (Å²) in [6.45, 7) is 0. The van der Waals surface area contributed by atoms with Crippen molar-refractivity contribution in [2.75, 3.05) is 13.4 Å². The van der Waals surface area contributed by atoms with E-state index in [1.807, 2.05) is 23.8 Å². The fourth-order valence-electron chi connectivity index (χ4n) is 1.40. The summed E-state index contributed by atoms with van der Waals surface area (Å²) in [4.78, 5) is 0.804. The minimum Gasteiger partial charge on any atom is -0.506 e. The van der Waals surface area contributed by atoms with Gasteiger partial charge >= 0.3 is 0 Å². The number of aromatic hydroxyl groups is 1. The van der Waals surface area contributed by atoms with Gasteiger partial charge in [0.2, 0.25) is 0 Å². The van der Waals surface area contributed by atoms with Crippen molar-refractivity contribution in [2.24, 2.45) is 0 Å². The van der Waals surface area contributed by atoms with E-state index in [-0.39, 0.29) is 0 Å². The summed E-state index contributed by atoms with van der Waals surface area (Å²) in [5, 5.41) is 12.8. The first-order chi connectivity index (χ1) is 6.77. The molecule has 0 saturated heterocycles. The molecule has 1 heterocycles. The molecule has 0 amide bonds. The van der Waals surface area contributed by atoms with Gasteiger partial charge in [-0.3, -0.25) is 0 Å². The van der Waals surface area contributed by atoms with Crippen LogP contribution in [-0.4, -0.2) is 18.5 Å². The number of methoxy groups -OCH3 is 1. The van der Waals surface area contributed by atoms with Crippen LogP contribution in [0.5, 0.6) is 11.5 Å². The Morgan fingerprint density at radius 2 is 2.29 bits per heavy atom. The molecule has 1 aromatic heterocycles. The Balaban J connectivity index is 2.79. The molecular weight excluding hydrogens is 216 g/mol. The Morgan fingerprint density at radius 1 is 1.50 bits per heavy atom. The lowest BCUT2D eigenvalue weighted by molar-refractivity contribution is 0.394. The second-order valence-electron chi connectivity index (χ2n) is 2.79. The van der Waals surface area contributed by atoms with E-state index in [9.17, 15) is 5.11 Å². The average Bonchev–Trinajstić information content (AvgIpc) is 2.65. The van der Waals surface area contributed by atoms with E-state index in [4.69, 9.17) is 4.74 Å². The molecule has 0 aliphatic heterocycles. The SMILES string of the molecule is COc1cc2sccc2c(O)c1SC. The Hall–Kier alpha value is -0.870. The maximum atomic E-state index is 9.96. The zero-order valence-electron chi connectivity index (χ0n) is 7.90. The van der Waals surface area contributed by atoms with Gasteiger partial charge in [0.25, 0.3) is 0 Å². The summed E-state index contributed by atoms with van der Waals surface area (Å²) >= 11 is 3.10. The van der Waals surface area contributed by atoms with Crippen LogP contribution in [0.4, 0.5) is 0 Å². The van der Waals surface area contributed by atoms with Gasteiger partial charge in [-0.1, -0.05) is 0 Å². The Labute approximate surface area is 90.5 Å². The van der Waals surface area contributed by atoms with Crippen molar-refractivity contribution in [2.45, 2.75) is 4.90 Å². The number of thiophene rings is 1. The van der Waals surface area contributed by atoms with Crippen LogP contribution in [0.3, 0.4) is 0 Å².